The van der Waals surface area contributed by atoms with E-state index >= 15 is 0 Å². The molecule has 0 spiro atoms. The van der Waals surface area contributed by atoms with Crippen LogP contribution in [0.4, 0.5) is 0 Å². The third kappa shape index (κ3) is 3.88. The van der Waals surface area contributed by atoms with Gasteiger partial charge < -0.3 is 16.0 Å². The molecule has 1 amide bonds. The molecule has 0 saturated heterocycles. The van der Waals surface area contributed by atoms with E-state index in [0.29, 0.717) is 17.3 Å². The van der Waals surface area contributed by atoms with E-state index in [1.165, 1.54) is 0 Å². The predicted octanol–water partition coefficient (Wildman–Crippen LogP) is 2.70. The average Bonchev–Trinajstić information content (AvgIpc) is 2.79. The van der Waals surface area contributed by atoms with Crippen LogP contribution in [0.3, 0.4) is 0 Å². The maximum absolute atomic E-state index is 11.9. The fourth-order valence-corrected chi connectivity index (χ4v) is 1.86. The molecule has 5 nitrogen and oxygen atoms in total. The molecule has 2 aromatic rings. The van der Waals surface area contributed by atoms with Crippen LogP contribution >= 0.6 is 24.0 Å². The molecule has 0 radical (unpaired) electrons. The number of nitrogens with zero attached hydrogens (tertiary/aromatic N) is 1. The number of benzene rings is 1. The van der Waals surface area contributed by atoms with E-state index in [1.54, 1.807) is 18.2 Å². The van der Waals surface area contributed by atoms with Crippen LogP contribution in [0.15, 0.2) is 29.3 Å². The molecule has 0 aliphatic carbocycles. The number of H-pyrrole nitrogens is 1. The zero-order valence-electron chi connectivity index (χ0n) is 10.9. The summed E-state index contributed by atoms with van der Waals surface area (Å²) in [7, 11) is 0. The Labute approximate surface area is 128 Å². The van der Waals surface area contributed by atoms with Crippen molar-refractivity contribution < 1.29 is 4.79 Å². The van der Waals surface area contributed by atoms with Gasteiger partial charge in [0.05, 0.1) is 0 Å². The minimum atomic E-state index is -0.409. The van der Waals surface area contributed by atoms with E-state index in [-0.39, 0.29) is 18.4 Å². The van der Waals surface area contributed by atoms with Crippen molar-refractivity contribution in [3.05, 3.63) is 35.0 Å². The van der Waals surface area contributed by atoms with Crippen molar-refractivity contribution in [3.63, 3.8) is 0 Å². The topological polar surface area (TPSA) is 83.3 Å². The third-order valence-electron chi connectivity index (χ3n) is 2.59. The molecule has 2 rings (SSSR count). The third-order valence-corrected chi connectivity index (χ3v) is 2.83. The Bertz CT molecular complexity index is 636. The van der Waals surface area contributed by atoms with E-state index in [4.69, 9.17) is 17.3 Å². The number of fused-ring (bicyclic) bond motifs is 1. The van der Waals surface area contributed by atoms with Gasteiger partial charge in [0.1, 0.15) is 5.69 Å². The molecule has 0 atom stereocenters. The first kappa shape index (κ1) is 16.3. The normalized spacial score (nSPS) is 11.2. The fourth-order valence-electron chi connectivity index (χ4n) is 1.68. The van der Waals surface area contributed by atoms with E-state index in [2.05, 4.69) is 15.3 Å². The molecule has 108 valence electrons. The number of guanidine groups is 1. The molecule has 0 fully saturated rings. The van der Waals surface area contributed by atoms with Crippen LogP contribution in [0, 0.1) is 0 Å². The molecular weight excluding hydrogens is 299 g/mol. The summed E-state index contributed by atoms with van der Waals surface area (Å²) in [5.74, 6) is -0.281. The number of hydrogen-bond acceptors (Lipinski definition) is 1. The Morgan fingerprint density at radius 2 is 2.20 bits per heavy atom. The second-order valence-corrected chi connectivity index (χ2v) is 4.58. The van der Waals surface area contributed by atoms with Crippen molar-refractivity contribution in [1.29, 1.82) is 0 Å². The zero-order valence-corrected chi connectivity index (χ0v) is 12.5. The Hall–Kier alpha value is -1.72. The summed E-state index contributed by atoms with van der Waals surface area (Å²) in [5, 5.41) is 4.34. The first-order valence-corrected chi connectivity index (χ1v) is 6.38. The summed E-state index contributed by atoms with van der Waals surface area (Å²) in [6, 6.07) is 7.07. The van der Waals surface area contributed by atoms with Crippen molar-refractivity contribution in [3.8, 4) is 0 Å². The van der Waals surface area contributed by atoms with E-state index in [0.717, 1.165) is 17.3 Å². The highest BCUT2D eigenvalue weighted by Crippen LogP contribution is 2.20. The summed E-state index contributed by atoms with van der Waals surface area (Å²) >= 11 is 5.89. The lowest BCUT2D eigenvalue weighted by molar-refractivity contribution is 0.0998. The Kier molecular flexibility index (Phi) is 5.85. The second-order valence-electron chi connectivity index (χ2n) is 4.14. The van der Waals surface area contributed by atoms with Crippen LogP contribution in [0.5, 0.6) is 0 Å². The Balaban J connectivity index is 0.00000200. The number of amides is 1. The Morgan fingerprint density at radius 1 is 1.45 bits per heavy atom. The van der Waals surface area contributed by atoms with Gasteiger partial charge in [-0.05, 0) is 30.7 Å². The number of aromatic nitrogens is 1. The number of rotatable bonds is 3. The molecule has 0 aliphatic heterocycles. The minimum absolute atomic E-state index is 0. The molecule has 7 heteroatoms. The molecule has 20 heavy (non-hydrogen) atoms. The van der Waals surface area contributed by atoms with Crippen LogP contribution in [-0.2, 0) is 0 Å². The number of carbonyl (C=O) groups is 1. The van der Waals surface area contributed by atoms with Crippen molar-refractivity contribution in [2.24, 2.45) is 10.7 Å². The van der Waals surface area contributed by atoms with Crippen LogP contribution in [0.25, 0.3) is 10.9 Å². The lowest BCUT2D eigenvalue weighted by Gasteiger charge is -2.01. The van der Waals surface area contributed by atoms with Gasteiger partial charge in [0, 0.05) is 22.5 Å². The maximum Gasteiger partial charge on any atom is 0.296 e. The average molecular weight is 315 g/mol. The van der Waals surface area contributed by atoms with Crippen molar-refractivity contribution in [1.82, 2.24) is 10.3 Å². The van der Waals surface area contributed by atoms with Gasteiger partial charge in [-0.2, -0.15) is 4.99 Å². The number of aliphatic imine (C=N–C) groups is 1. The minimum Gasteiger partial charge on any atom is -0.370 e. The van der Waals surface area contributed by atoms with E-state index < -0.39 is 5.91 Å². The molecule has 0 aliphatic rings. The summed E-state index contributed by atoms with van der Waals surface area (Å²) in [4.78, 5) is 18.7. The molecule has 4 N–H and O–H groups in total. The molecular formula is C13H16Cl2N4O. The SMILES string of the molecule is CCCNC(N)=NC(=O)c1cc2cc(Cl)ccc2[nH]1.Cl. The molecule has 1 heterocycles. The first-order valence-electron chi connectivity index (χ1n) is 6.01. The molecule has 0 saturated carbocycles. The zero-order chi connectivity index (χ0) is 13.8. The van der Waals surface area contributed by atoms with Crippen LogP contribution in [0.1, 0.15) is 23.8 Å². The highest BCUT2D eigenvalue weighted by Gasteiger charge is 2.09. The predicted molar refractivity (Wildman–Crippen MR) is 84.8 cm³/mol. The maximum atomic E-state index is 11.9. The van der Waals surface area contributed by atoms with E-state index in [1.807, 2.05) is 13.0 Å². The van der Waals surface area contributed by atoms with Crippen LogP contribution in [-0.4, -0.2) is 23.4 Å². The number of hydrogen-bond donors (Lipinski definition) is 3. The fraction of sp³-hybridized carbons (Fsp3) is 0.231. The van der Waals surface area contributed by atoms with Crippen LogP contribution in [0.2, 0.25) is 5.02 Å². The van der Waals surface area contributed by atoms with Gasteiger partial charge in [0.15, 0.2) is 5.96 Å². The van der Waals surface area contributed by atoms with Crippen molar-refractivity contribution in [2.75, 3.05) is 6.54 Å². The molecule has 1 aromatic carbocycles. The number of carbonyl (C=O) groups excluding carboxylic acids is 1. The second kappa shape index (κ2) is 7.17. The van der Waals surface area contributed by atoms with Gasteiger partial charge in [0.2, 0.25) is 0 Å². The lowest BCUT2D eigenvalue weighted by Crippen LogP contribution is -2.33. The highest BCUT2D eigenvalue weighted by atomic mass is 35.5. The van der Waals surface area contributed by atoms with Crippen LogP contribution < -0.4 is 11.1 Å². The van der Waals surface area contributed by atoms with Gasteiger partial charge in [0.25, 0.3) is 5.91 Å². The summed E-state index contributed by atoms with van der Waals surface area (Å²) in [5.41, 5.74) is 6.82. The summed E-state index contributed by atoms with van der Waals surface area (Å²) in [6.07, 6.45) is 0.912. The van der Waals surface area contributed by atoms with Gasteiger partial charge in [-0.25, -0.2) is 0 Å². The van der Waals surface area contributed by atoms with Gasteiger partial charge in [-0.1, -0.05) is 18.5 Å². The molecule has 0 bridgehead atoms. The monoisotopic (exact) mass is 314 g/mol. The number of halogens is 2. The number of nitrogens with two attached hydrogens (primary N) is 1. The number of nitrogens with one attached hydrogen (secondary N) is 2. The largest absolute Gasteiger partial charge is 0.370 e. The smallest absolute Gasteiger partial charge is 0.296 e. The van der Waals surface area contributed by atoms with E-state index in [9.17, 15) is 4.79 Å². The molecule has 0 unspecified atom stereocenters. The summed E-state index contributed by atoms with van der Waals surface area (Å²) < 4.78 is 0. The van der Waals surface area contributed by atoms with Gasteiger partial charge >= 0.3 is 0 Å². The standard InChI is InChI=1S/C13H15ClN4O.ClH/c1-2-5-16-13(15)18-12(19)11-7-8-6-9(14)3-4-10(8)17-11;/h3-4,6-7,17H,2,5H2,1H3,(H3,15,16,18,19);1H. The summed E-state index contributed by atoms with van der Waals surface area (Å²) in [6.45, 7) is 2.69. The Morgan fingerprint density at radius 3 is 2.90 bits per heavy atom. The number of aromatic amines is 1. The highest BCUT2D eigenvalue weighted by molar-refractivity contribution is 6.31. The van der Waals surface area contributed by atoms with Gasteiger partial charge in [-0.15, -0.1) is 12.4 Å². The van der Waals surface area contributed by atoms with Crippen molar-refractivity contribution >= 4 is 46.8 Å². The first-order chi connectivity index (χ1) is 9.10. The van der Waals surface area contributed by atoms with Crippen molar-refractivity contribution in [2.45, 2.75) is 13.3 Å². The quantitative estimate of drug-likeness (QED) is 0.601. The molecule has 1 aromatic heterocycles. The lowest BCUT2D eigenvalue weighted by atomic mass is 10.2. The van der Waals surface area contributed by atoms with Gasteiger partial charge in [-0.3, -0.25) is 4.79 Å².